The molecule has 24 heavy (non-hydrogen) atoms. The first-order chi connectivity index (χ1) is 11.3. The van der Waals surface area contributed by atoms with Crippen LogP contribution in [0.5, 0.6) is 5.75 Å². The van der Waals surface area contributed by atoms with Crippen molar-refractivity contribution in [2.75, 3.05) is 5.32 Å². The summed E-state index contributed by atoms with van der Waals surface area (Å²) in [5.41, 5.74) is 3.44. The molecule has 2 aromatic rings. The fourth-order valence-electron chi connectivity index (χ4n) is 2.18. The number of phenolic OH excluding ortho intramolecular Hbond substituents is 1. The lowest BCUT2D eigenvalue weighted by molar-refractivity contribution is -0.115. The molecule has 126 valence electrons. The fraction of sp³-hybridized carbons (Fsp3) is 0.222. The number of rotatable bonds is 4. The second-order valence-electron chi connectivity index (χ2n) is 5.35. The Labute approximate surface area is 154 Å². The molecule has 0 saturated carbocycles. The predicted octanol–water partition coefficient (Wildman–Crippen LogP) is 5.52. The normalized spacial score (nSPS) is 11.0. The van der Waals surface area contributed by atoms with Gasteiger partial charge >= 0.3 is 0 Å². The van der Waals surface area contributed by atoms with Gasteiger partial charge in [-0.25, -0.2) is 0 Å². The number of carbonyl (C=O) groups is 1. The summed E-state index contributed by atoms with van der Waals surface area (Å²) >= 11 is 9.63. The SMILES string of the molecule is CCC(=O)Nc1cccc(N=Cc2c(C)c(Cl)c(C)c(Br)c2O)c1. The number of halogens is 2. The van der Waals surface area contributed by atoms with Crippen molar-refractivity contribution in [2.24, 2.45) is 4.99 Å². The number of hydrogen-bond donors (Lipinski definition) is 2. The maximum absolute atomic E-state index is 11.5. The van der Waals surface area contributed by atoms with Crippen LogP contribution >= 0.6 is 27.5 Å². The number of hydrogen-bond acceptors (Lipinski definition) is 3. The molecule has 2 aromatic carbocycles. The van der Waals surface area contributed by atoms with Crippen LogP contribution in [0.25, 0.3) is 0 Å². The average molecular weight is 410 g/mol. The van der Waals surface area contributed by atoms with E-state index in [1.807, 2.05) is 26.0 Å². The van der Waals surface area contributed by atoms with Crippen LogP contribution in [0.2, 0.25) is 5.02 Å². The van der Waals surface area contributed by atoms with Crippen LogP contribution in [0, 0.1) is 13.8 Å². The molecule has 0 aliphatic heterocycles. The van der Waals surface area contributed by atoms with E-state index in [2.05, 4.69) is 26.2 Å². The van der Waals surface area contributed by atoms with Crippen LogP contribution in [0.15, 0.2) is 33.7 Å². The minimum Gasteiger partial charge on any atom is -0.506 e. The highest BCUT2D eigenvalue weighted by atomic mass is 79.9. The second kappa shape index (κ2) is 7.81. The number of phenols is 1. The summed E-state index contributed by atoms with van der Waals surface area (Å²) < 4.78 is 0.559. The zero-order chi connectivity index (χ0) is 17.9. The number of nitrogens with one attached hydrogen (secondary N) is 1. The Kier molecular flexibility index (Phi) is 6.02. The van der Waals surface area contributed by atoms with E-state index >= 15 is 0 Å². The van der Waals surface area contributed by atoms with Crippen LogP contribution in [0.1, 0.15) is 30.0 Å². The Morgan fingerprint density at radius 2 is 2.08 bits per heavy atom. The second-order valence-corrected chi connectivity index (χ2v) is 6.52. The Bertz CT molecular complexity index is 790. The number of aliphatic imine (C=N–C) groups is 1. The predicted molar refractivity (Wildman–Crippen MR) is 103 cm³/mol. The van der Waals surface area contributed by atoms with Gasteiger partial charge in [-0.3, -0.25) is 9.79 Å². The molecule has 0 aromatic heterocycles. The number of anilines is 1. The number of benzene rings is 2. The molecule has 0 aliphatic rings. The highest BCUT2D eigenvalue weighted by Crippen LogP contribution is 2.38. The Morgan fingerprint density at radius 1 is 1.38 bits per heavy atom. The van der Waals surface area contributed by atoms with Gasteiger partial charge in [0.2, 0.25) is 5.91 Å². The summed E-state index contributed by atoms with van der Waals surface area (Å²) in [4.78, 5) is 15.9. The van der Waals surface area contributed by atoms with E-state index in [-0.39, 0.29) is 11.7 Å². The highest BCUT2D eigenvalue weighted by molar-refractivity contribution is 9.10. The van der Waals surface area contributed by atoms with Gasteiger partial charge in [0, 0.05) is 28.9 Å². The maximum atomic E-state index is 11.5. The Balaban J connectivity index is 2.36. The van der Waals surface area contributed by atoms with Gasteiger partial charge in [-0.2, -0.15) is 0 Å². The third kappa shape index (κ3) is 3.97. The summed E-state index contributed by atoms with van der Waals surface area (Å²) in [6, 6.07) is 7.19. The number of amides is 1. The molecular weight excluding hydrogens is 392 g/mol. The largest absolute Gasteiger partial charge is 0.506 e. The van der Waals surface area contributed by atoms with Gasteiger partial charge in [0.15, 0.2) is 0 Å². The average Bonchev–Trinajstić information content (AvgIpc) is 2.58. The summed E-state index contributed by atoms with van der Waals surface area (Å²) in [6.45, 7) is 5.46. The maximum Gasteiger partial charge on any atom is 0.224 e. The Morgan fingerprint density at radius 3 is 2.75 bits per heavy atom. The molecule has 0 heterocycles. The molecule has 1 amide bonds. The van der Waals surface area contributed by atoms with Crippen molar-refractivity contribution in [3.63, 3.8) is 0 Å². The first-order valence-electron chi connectivity index (χ1n) is 7.46. The van der Waals surface area contributed by atoms with Gasteiger partial charge in [0.05, 0.1) is 10.2 Å². The lowest BCUT2D eigenvalue weighted by Gasteiger charge is -2.12. The van der Waals surface area contributed by atoms with Gasteiger partial charge in [0.25, 0.3) is 0 Å². The minimum absolute atomic E-state index is 0.0566. The van der Waals surface area contributed by atoms with Crippen molar-refractivity contribution in [2.45, 2.75) is 27.2 Å². The summed E-state index contributed by atoms with van der Waals surface area (Å²) in [6.07, 6.45) is 1.98. The van der Waals surface area contributed by atoms with Crippen LogP contribution < -0.4 is 5.32 Å². The zero-order valence-electron chi connectivity index (χ0n) is 13.7. The monoisotopic (exact) mass is 408 g/mol. The van der Waals surface area contributed by atoms with E-state index in [1.165, 1.54) is 0 Å². The summed E-state index contributed by atoms with van der Waals surface area (Å²) in [5, 5.41) is 13.7. The van der Waals surface area contributed by atoms with Crippen LogP contribution in [-0.2, 0) is 4.79 Å². The van der Waals surface area contributed by atoms with E-state index in [4.69, 9.17) is 11.6 Å². The Hall–Kier alpha value is -1.85. The quantitative estimate of drug-likeness (QED) is 0.653. The first kappa shape index (κ1) is 18.5. The van der Waals surface area contributed by atoms with Gasteiger partial charge in [0.1, 0.15) is 5.75 Å². The summed E-state index contributed by atoms with van der Waals surface area (Å²) in [5.74, 6) is 0.0486. The van der Waals surface area contributed by atoms with Crippen molar-refractivity contribution >= 4 is 51.0 Å². The van der Waals surface area contributed by atoms with E-state index in [9.17, 15) is 9.90 Å². The van der Waals surface area contributed by atoms with Crippen LogP contribution in [0.3, 0.4) is 0 Å². The zero-order valence-corrected chi connectivity index (χ0v) is 16.0. The van der Waals surface area contributed by atoms with Crippen molar-refractivity contribution < 1.29 is 9.90 Å². The smallest absolute Gasteiger partial charge is 0.224 e. The molecule has 0 unspecified atom stereocenters. The number of nitrogens with zero attached hydrogens (tertiary/aromatic N) is 1. The van der Waals surface area contributed by atoms with E-state index in [0.717, 1.165) is 11.1 Å². The molecule has 0 bridgehead atoms. The van der Waals surface area contributed by atoms with Gasteiger partial charge < -0.3 is 10.4 Å². The van der Waals surface area contributed by atoms with Gasteiger partial charge in [-0.05, 0) is 59.1 Å². The van der Waals surface area contributed by atoms with Crippen molar-refractivity contribution in [1.82, 2.24) is 0 Å². The molecule has 2 rings (SSSR count). The van der Waals surface area contributed by atoms with E-state index in [0.29, 0.717) is 32.9 Å². The van der Waals surface area contributed by atoms with Crippen LogP contribution in [-0.4, -0.2) is 17.2 Å². The molecule has 0 radical (unpaired) electrons. The molecule has 0 saturated heterocycles. The highest BCUT2D eigenvalue weighted by Gasteiger charge is 2.15. The summed E-state index contributed by atoms with van der Waals surface area (Å²) in [7, 11) is 0. The molecule has 0 fully saturated rings. The number of carbonyl (C=O) groups excluding carboxylic acids is 1. The van der Waals surface area contributed by atoms with E-state index < -0.39 is 0 Å². The van der Waals surface area contributed by atoms with Crippen molar-refractivity contribution in [1.29, 1.82) is 0 Å². The number of aromatic hydroxyl groups is 1. The molecule has 0 aliphatic carbocycles. The molecular formula is C18H18BrClN2O2. The van der Waals surface area contributed by atoms with E-state index in [1.54, 1.807) is 25.3 Å². The van der Waals surface area contributed by atoms with Crippen molar-refractivity contribution in [3.8, 4) is 5.75 Å². The van der Waals surface area contributed by atoms with Gasteiger partial charge in [-0.1, -0.05) is 24.6 Å². The van der Waals surface area contributed by atoms with Crippen molar-refractivity contribution in [3.05, 3.63) is 50.5 Å². The first-order valence-corrected chi connectivity index (χ1v) is 8.63. The molecule has 6 heteroatoms. The molecule has 4 nitrogen and oxygen atoms in total. The lowest BCUT2D eigenvalue weighted by Crippen LogP contribution is -2.08. The molecule has 0 spiro atoms. The third-order valence-electron chi connectivity index (χ3n) is 3.65. The topological polar surface area (TPSA) is 61.7 Å². The van der Waals surface area contributed by atoms with Crippen LogP contribution in [0.4, 0.5) is 11.4 Å². The standard InChI is InChI=1S/C18H18BrClN2O2/c1-4-15(23)22-13-7-5-6-12(8-13)21-9-14-10(2)17(20)11(3)16(19)18(14)24/h5-9,24H,4H2,1-3H3,(H,22,23). The molecule has 0 atom stereocenters. The fourth-order valence-corrected chi connectivity index (χ4v) is 2.90. The lowest BCUT2D eigenvalue weighted by atomic mass is 10.0. The molecule has 2 N–H and O–H groups in total. The van der Waals surface area contributed by atoms with Gasteiger partial charge in [-0.15, -0.1) is 0 Å². The third-order valence-corrected chi connectivity index (χ3v) is 5.19. The minimum atomic E-state index is -0.0566.